The topological polar surface area (TPSA) is 44.0 Å². The predicted molar refractivity (Wildman–Crippen MR) is 69.9 cm³/mol. The number of imidazole rings is 1. The second-order valence-corrected chi connectivity index (χ2v) is 5.36. The van der Waals surface area contributed by atoms with E-state index in [-0.39, 0.29) is 0 Å². The molecule has 17 heavy (non-hydrogen) atoms. The minimum absolute atomic E-state index is 0.546. The van der Waals surface area contributed by atoms with E-state index in [4.69, 9.17) is 0 Å². The van der Waals surface area contributed by atoms with Gasteiger partial charge in [0.15, 0.2) is 0 Å². The van der Waals surface area contributed by atoms with Crippen LogP contribution in [0.2, 0.25) is 0 Å². The Morgan fingerprint density at radius 1 is 1.53 bits per heavy atom. The van der Waals surface area contributed by atoms with E-state index in [1.54, 1.807) is 6.33 Å². The maximum atomic E-state index is 4.39. The first-order valence-corrected chi connectivity index (χ1v) is 6.66. The van der Waals surface area contributed by atoms with Crippen LogP contribution in [0, 0.1) is 5.92 Å². The van der Waals surface area contributed by atoms with Crippen LogP contribution in [-0.4, -0.2) is 40.5 Å². The largest absolute Gasteiger partial charge is 0.347 e. The normalized spacial score (nSPS) is 19.9. The Bertz CT molecular complexity index is 345. The van der Waals surface area contributed by atoms with Crippen LogP contribution in [0.25, 0.3) is 0 Å². The van der Waals surface area contributed by atoms with E-state index in [2.05, 4.69) is 41.0 Å². The third-order valence-corrected chi connectivity index (χ3v) is 3.36. The van der Waals surface area contributed by atoms with Gasteiger partial charge in [-0.05, 0) is 12.5 Å². The molecule has 1 aromatic rings. The van der Waals surface area contributed by atoms with E-state index in [1.165, 1.54) is 17.9 Å². The summed E-state index contributed by atoms with van der Waals surface area (Å²) in [6, 6.07) is 0.546. The van der Waals surface area contributed by atoms with Crippen molar-refractivity contribution >= 4 is 0 Å². The number of hydrogen-bond acceptors (Lipinski definition) is 3. The lowest BCUT2D eigenvalue weighted by molar-refractivity contribution is 0.222. The van der Waals surface area contributed by atoms with Crippen molar-refractivity contribution in [2.24, 2.45) is 5.92 Å². The number of nitrogens with zero attached hydrogens (tertiary/aromatic N) is 2. The molecule has 1 unspecified atom stereocenters. The lowest BCUT2D eigenvalue weighted by Gasteiger charge is -2.30. The zero-order valence-corrected chi connectivity index (χ0v) is 11.2. The Balaban J connectivity index is 1.88. The Hall–Kier alpha value is -0.870. The number of aromatic nitrogens is 2. The number of aromatic amines is 1. The standard InChI is InChI=1S/C13H24N4/c1-4-17(7-10(2)3)8-11-5-12-13(6-14-11)16-9-15-12/h9-11,14H,4-8H2,1-3H3,(H,15,16). The van der Waals surface area contributed by atoms with Crippen LogP contribution in [0.15, 0.2) is 6.33 Å². The van der Waals surface area contributed by atoms with Crippen molar-refractivity contribution in [1.82, 2.24) is 20.2 Å². The molecule has 2 N–H and O–H groups in total. The van der Waals surface area contributed by atoms with Gasteiger partial charge in [0.1, 0.15) is 0 Å². The van der Waals surface area contributed by atoms with Crippen LogP contribution in [0.1, 0.15) is 32.2 Å². The van der Waals surface area contributed by atoms with Crippen molar-refractivity contribution in [1.29, 1.82) is 0 Å². The first-order valence-electron chi connectivity index (χ1n) is 6.66. The summed E-state index contributed by atoms with van der Waals surface area (Å²) >= 11 is 0. The molecule has 4 heteroatoms. The SMILES string of the molecule is CCN(CC(C)C)CC1Cc2nc[nH]c2CN1. The lowest BCUT2D eigenvalue weighted by Crippen LogP contribution is -2.45. The third kappa shape index (κ3) is 3.30. The molecule has 0 aromatic carbocycles. The number of H-pyrrole nitrogens is 1. The summed E-state index contributed by atoms with van der Waals surface area (Å²) in [7, 11) is 0. The molecule has 2 heterocycles. The summed E-state index contributed by atoms with van der Waals surface area (Å²) < 4.78 is 0. The molecule has 0 fully saturated rings. The van der Waals surface area contributed by atoms with Crippen LogP contribution in [0.5, 0.6) is 0 Å². The fraction of sp³-hybridized carbons (Fsp3) is 0.769. The zero-order chi connectivity index (χ0) is 12.3. The maximum Gasteiger partial charge on any atom is 0.0925 e. The highest BCUT2D eigenvalue weighted by Crippen LogP contribution is 2.13. The first-order chi connectivity index (χ1) is 8.19. The fourth-order valence-electron chi connectivity index (χ4n) is 2.52. The number of nitrogens with one attached hydrogen (secondary N) is 2. The van der Waals surface area contributed by atoms with E-state index >= 15 is 0 Å². The minimum atomic E-state index is 0.546. The second kappa shape index (κ2) is 5.65. The molecule has 0 spiro atoms. The lowest BCUT2D eigenvalue weighted by atomic mass is 10.0. The molecule has 0 saturated carbocycles. The molecule has 1 aromatic heterocycles. The van der Waals surface area contributed by atoms with Crippen molar-refractivity contribution in [3.05, 3.63) is 17.7 Å². The van der Waals surface area contributed by atoms with Gasteiger partial charge in [0.05, 0.1) is 17.7 Å². The number of likely N-dealkylation sites (N-methyl/N-ethyl adjacent to an activating group) is 1. The minimum Gasteiger partial charge on any atom is -0.347 e. The van der Waals surface area contributed by atoms with Gasteiger partial charge in [0.25, 0.3) is 0 Å². The number of rotatable bonds is 5. The Kier molecular flexibility index (Phi) is 4.18. The van der Waals surface area contributed by atoms with Crippen molar-refractivity contribution in [2.75, 3.05) is 19.6 Å². The van der Waals surface area contributed by atoms with Crippen molar-refractivity contribution in [3.8, 4) is 0 Å². The van der Waals surface area contributed by atoms with Gasteiger partial charge in [0, 0.05) is 32.1 Å². The summed E-state index contributed by atoms with van der Waals surface area (Å²) in [6.07, 6.45) is 2.86. The molecule has 96 valence electrons. The van der Waals surface area contributed by atoms with Crippen LogP contribution < -0.4 is 5.32 Å². The zero-order valence-electron chi connectivity index (χ0n) is 11.2. The average Bonchev–Trinajstić information content (AvgIpc) is 2.74. The summed E-state index contributed by atoms with van der Waals surface area (Å²) in [5, 5.41) is 3.59. The van der Waals surface area contributed by atoms with Gasteiger partial charge < -0.3 is 15.2 Å². The van der Waals surface area contributed by atoms with Crippen LogP contribution in [0.4, 0.5) is 0 Å². The highest BCUT2D eigenvalue weighted by Gasteiger charge is 2.21. The maximum absolute atomic E-state index is 4.39. The fourth-order valence-corrected chi connectivity index (χ4v) is 2.52. The van der Waals surface area contributed by atoms with E-state index < -0.39 is 0 Å². The van der Waals surface area contributed by atoms with Gasteiger partial charge in [-0.2, -0.15) is 0 Å². The van der Waals surface area contributed by atoms with Gasteiger partial charge in [0.2, 0.25) is 0 Å². The van der Waals surface area contributed by atoms with Gasteiger partial charge in [-0.25, -0.2) is 4.98 Å². The van der Waals surface area contributed by atoms with E-state index in [0.717, 1.165) is 32.0 Å². The molecule has 0 amide bonds. The molecule has 0 bridgehead atoms. The first kappa shape index (κ1) is 12.6. The number of fused-ring (bicyclic) bond motifs is 1. The molecule has 0 aliphatic carbocycles. The van der Waals surface area contributed by atoms with Gasteiger partial charge >= 0.3 is 0 Å². The highest BCUT2D eigenvalue weighted by atomic mass is 15.2. The van der Waals surface area contributed by atoms with E-state index in [1.807, 2.05) is 0 Å². The Labute approximate surface area is 104 Å². The monoisotopic (exact) mass is 236 g/mol. The van der Waals surface area contributed by atoms with Crippen molar-refractivity contribution in [3.63, 3.8) is 0 Å². The summed E-state index contributed by atoms with van der Waals surface area (Å²) in [5.41, 5.74) is 2.50. The molecule has 1 atom stereocenters. The Morgan fingerprint density at radius 2 is 2.35 bits per heavy atom. The smallest absolute Gasteiger partial charge is 0.0925 e. The summed E-state index contributed by atoms with van der Waals surface area (Å²) in [6.45, 7) is 11.2. The van der Waals surface area contributed by atoms with Gasteiger partial charge in [-0.1, -0.05) is 20.8 Å². The molecule has 2 rings (SSSR count). The Morgan fingerprint density at radius 3 is 3.06 bits per heavy atom. The van der Waals surface area contributed by atoms with Crippen molar-refractivity contribution < 1.29 is 0 Å². The molecule has 1 aliphatic heterocycles. The van der Waals surface area contributed by atoms with E-state index in [9.17, 15) is 0 Å². The summed E-state index contributed by atoms with van der Waals surface area (Å²) in [4.78, 5) is 10.1. The molecule has 1 aliphatic rings. The second-order valence-electron chi connectivity index (χ2n) is 5.36. The average molecular weight is 236 g/mol. The molecular formula is C13H24N4. The van der Waals surface area contributed by atoms with Gasteiger partial charge in [-0.15, -0.1) is 0 Å². The molecule has 0 radical (unpaired) electrons. The van der Waals surface area contributed by atoms with E-state index in [0.29, 0.717) is 6.04 Å². The third-order valence-electron chi connectivity index (χ3n) is 3.36. The van der Waals surface area contributed by atoms with Crippen molar-refractivity contribution in [2.45, 2.75) is 39.8 Å². The number of hydrogen-bond donors (Lipinski definition) is 2. The molecule has 4 nitrogen and oxygen atoms in total. The molecule has 0 saturated heterocycles. The highest BCUT2D eigenvalue weighted by molar-refractivity contribution is 5.15. The summed E-state index contributed by atoms with van der Waals surface area (Å²) in [5.74, 6) is 0.736. The quantitative estimate of drug-likeness (QED) is 0.812. The van der Waals surface area contributed by atoms with Crippen LogP contribution >= 0.6 is 0 Å². The van der Waals surface area contributed by atoms with Crippen LogP contribution in [0.3, 0.4) is 0 Å². The van der Waals surface area contributed by atoms with Crippen LogP contribution in [-0.2, 0) is 13.0 Å². The predicted octanol–water partition coefficient (Wildman–Crippen LogP) is 1.40. The molecular weight excluding hydrogens is 212 g/mol. The van der Waals surface area contributed by atoms with Gasteiger partial charge in [-0.3, -0.25) is 0 Å².